The first-order valence-electron chi connectivity index (χ1n) is 8.05. The van der Waals surface area contributed by atoms with Crippen molar-refractivity contribution in [3.8, 4) is 0 Å². The molecule has 1 aromatic heterocycles. The molecule has 1 heterocycles. The van der Waals surface area contributed by atoms with Crippen molar-refractivity contribution in [3.63, 3.8) is 0 Å². The maximum Gasteiger partial charge on any atom is 0.237 e. The van der Waals surface area contributed by atoms with Crippen molar-refractivity contribution in [3.05, 3.63) is 36.1 Å². The molecule has 2 aromatic rings. The van der Waals surface area contributed by atoms with E-state index < -0.39 is 0 Å². The number of furan rings is 1. The van der Waals surface area contributed by atoms with E-state index in [2.05, 4.69) is 5.32 Å². The van der Waals surface area contributed by atoms with Crippen LogP contribution < -0.4 is 5.32 Å². The molecule has 0 aliphatic rings. The van der Waals surface area contributed by atoms with Crippen LogP contribution in [0.15, 0.2) is 34.7 Å². The van der Waals surface area contributed by atoms with E-state index in [4.69, 9.17) is 4.42 Å². The molecule has 0 saturated carbocycles. The Bertz CT molecular complexity index is 618. The molecule has 3 unspecified atom stereocenters. The number of rotatable bonds is 7. The number of nitrogens with one attached hydrogen (secondary N) is 1. The van der Waals surface area contributed by atoms with Crippen LogP contribution in [0.3, 0.4) is 0 Å². The summed E-state index contributed by atoms with van der Waals surface area (Å²) >= 11 is 0. The third kappa shape index (κ3) is 4.56. The van der Waals surface area contributed by atoms with E-state index >= 15 is 0 Å². The first-order valence-corrected chi connectivity index (χ1v) is 8.05. The number of para-hydroxylation sites is 1. The second-order valence-corrected chi connectivity index (χ2v) is 6.21. The van der Waals surface area contributed by atoms with Crippen LogP contribution >= 0.6 is 0 Å². The minimum Gasteiger partial charge on any atom is -0.459 e. The Balaban J connectivity index is 1.95. The van der Waals surface area contributed by atoms with Gasteiger partial charge >= 0.3 is 0 Å². The summed E-state index contributed by atoms with van der Waals surface area (Å²) < 4.78 is 5.79. The molecule has 0 radical (unpaired) electrons. The summed E-state index contributed by atoms with van der Waals surface area (Å²) in [6.07, 6.45) is 0.287. The van der Waals surface area contributed by atoms with Gasteiger partial charge in [-0.25, -0.2) is 0 Å². The van der Waals surface area contributed by atoms with Crippen LogP contribution in [0.4, 0.5) is 0 Å². The lowest BCUT2D eigenvalue weighted by molar-refractivity contribution is -0.126. The Morgan fingerprint density at radius 1 is 1.30 bits per heavy atom. The van der Waals surface area contributed by atoms with Gasteiger partial charge in [0.15, 0.2) is 0 Å². The second-order valence-electron chi connectivity index (χ2n) is 6.21. The zero-order chi connectivity index (χ0) is 17.0. The van der Waals surface area contributed by atoms with Crippen molar-refractivity contribution in [2.75, 3.05) is 13.6 Å². The highest BCUT2D eigenvalue weighted by Gasteiger charge is 2.21. The Morgan fingerprint density at radius 3 is 2.65 bits per heavy atom. The van der Waals surface area contributed by atoms with E-state index in [1.165, 1.54) is 0 Å². The third-order valence-corrected chi connectivity index (χ3v) is 4.17. The number of hydrogen-bond donors (Lipinski definition) is 2. The van der Waals surface area contributed by atoms with Gasteiger partial charge in [-0.3, -0.25) is 9.69 Å². The fourth-order valence-corrected chi connectivity index (χ4v) is 2.41. The first-order chi connectivity index (χ1) is 10.9. The average Bonchev–Trinajstić information content (AvgIpc) is 2.95. The van der Waals surface area contributed by atoms with Gasteiger partial charge in [-0.05, 0) is 46.4 Å². The molecule has 3 atom stereocenters. The number of aliphatic hydroxyl groups excluding tert-OH is 1. The summed E-state index contributed by atoms with van der Waals surface area (Å²) in [7, 11) is 1.89. The van der Waals surface area contributed by atoms with E-state index in [0.717, 1.165) is 16.7 Å². The molecule has 0 aliphatic heterocycles. The predicted octanol–water partition coefficient (Wildman–Crippen LogP) is 2.70. The van der Waals surface area contributed by atoms with Crippen molar-refractivity contribution in [1.82, 2.24) is 10.2 Å². The summed E-state index contributed by atoms with van der Waals surface area (Å²) in [5, 5.41) is 13.4. The van der Waals surface area contributed by atoms with Crippen molar-refractivity contribution in [2.24, 2.45) is 0 Å². The molecule has 0 fully saturated rings. The van der Waals surface area contributed by atoms with Gasteiger partial charge in [0.1, 0.15) is 11.3 Å². The zero-order valence-electron chi connectivity index (χ0n) is 14.2. The largest absolute Gasteiger partial charge is 0.459 e. The van der Waals surface area contributed by atoms with Crippen molar-refractivity contribution >= 4 is 16.9 Å². The van der Waals surface area contributed by atoms with Gasteiger partial charge in [0.2, 0.25) is 5.91 Å². The number of carbonyl (C=O) groups excluding carboxylic acids is 1. The lowest BCUT2D eigenvalue weighted by atomic mass is 10.2. The normalized spacial score (nSPS) is 15.6. The molecule has 2 rings (SSSR count). The summed E-state index contributed by atoms with van der Waals surface area (Å²) in [5.41, 5.74) is 0.825. The Labute approximate surface area is 137 Å². The van der Waals surface area contributed by atoms with Crippen LogP contribution in [-0.4, -0.2) is 41.7 Å². The van der Waals surface area contributed by atoms with Crippen LogP contribution in [0.5, 0.6) is 0 Å². The Hall–Kier alpha value is -1.85. The lowest BCUT2D eigenvalue weighted by Gasteiger charge is -2.25. The minimum atomic E-state index is -0.359. The summed E-state index contributed by atoms with van der Waals surface area (Å²) in [6.45, 7) is 6.20. The highest BCUT2D eigenvalue weighted by molar-refractivity contribution is 5.82. The molecule has 0 bridgehead atoms. The molecule has 1 amide bonds. The number of aliphatic hydroxyl groups is 1. The quantitative estimate of drug-likeness (QED) is 0.824. The highest BCUT2D eigenvalue weighted by Crippen LogP contribution is 2.23. The Morgan fingerprint density at radius 2 is 2.00 bits per heavy atom. The molecular weight excluding hydrogens is 292 g/mol. The molecule has 5 nitrogen and oxygen atoms in total. The molecule has 5 heteroatoms. The van der Waals surface area contributed by atoms with E-state index in [1.807, 2.05) is 56.1 Å². The lowest BCUT2D eigenvalue weighted by Crippen LogP contribution is -2.44. The molecular formula is C18H26N2O3. The van der Waals surface area contributed by atoms with Crippen molar-refractivity contribution < 1.29 is 14.3 Å². The predicted molar refractivity (Wildman–Crippen MR) is 91.2 cm³/mol. The monoisotopic (exact) mass is 318 g/mol. The SMILES string of the molecule is CC(O)CCN(C)C(C)C(=O)NC(C)c1cc2ccccc2o1. The molecule has 1 aromatic carbocycles. The van der Waals surface area contributed by atoms with Crippen LogP contribution in [0.25, 0.3) is 11.0 Å². The van der Waals surface area contributed by atoms with E-state index in [-0.39, 0.29) is 24.1 Å². The fraction of sp³-hybridized carbons (Fsp3) is 0.500. The number of carbonyl (C=O) groups is 1. The van der Waals surface area contributed by atoms with Gasteiger partial charge in [-0.15, -0.1) is 0 Å². The first kappa shape index (κ1) is 17.5. The van der Waals surface area contributed by atoms with Crippen molar-refractivity contribution in [2.45, 2.75) is 45.4 Å². The highest BCUT2D eigenvalue weighted by atomic mass is 16.3. The van der Waals surface area contributed by atoms with E-state index in [9.17, 15) is 9.90 Å². The van der Waals surface area contributed by atoms with Gasteiger partial charge in [0.05, 0.1) is 18.2 Å². The topological polar surface area (TPSA) is 65.7 Å². The summed E-state index contributed by atoms with van der Waals surface area (Å²) in [6, 6.07) is 9.30. The maximum absolute atomic E-state index is 12.4. The second kappa shape index (κ2) is 7.62. The molecule has 126 valence electrons. The number of fused-ring (bicyclic) bond motifs is 1. The van der Waals surface area contributed by atoms with E-state index in [0.29, 0.717) is 13.0 Å². The van der Waals surface area contributed by atoms with Crippen LogP contribution in [0.1, 0.15) is 39.0 Å². The number of benzene rings is 1. The number of hydrogen-bond acceptors (Lipinski definition) is 4. The number of nitrogens with zero attached hydrogens (tertiary/aromatic N) is 1. The molecule has 0 aliphatic carbocycles. The zero-order valence-corrected chi connectivity index (χ0v) is 14.2. The summed E-state index contributed by atoms with van der Waals surface area (Å²) in [4.78, 5) is 14.3. The van der Waals surface area contributed by atoms with Crippen LogP contribution in [0, 0.1) is 0 Å². The van der Waals surface area contributed by atoms with Crippen molar-refractivity contribution in [1.29, 1.82) is 0 Å². The van der Waals surface area contributed by atoms with Gasteiger partial charge in [0, 0.05) is 11.9 Å². The molecule has 0 saturated heterocycles. The minimum absolute atomic E-state index is 0.0500. The third-order valence-electron chi connectivity index (χ3n) is 4.17. The maximum atomic E-state index is 12.4. The fourth-order valence-electron chi connectivity index (χ4n) is 2.41. The van der Waals surface area contributed by atoms with Crippen LogP contribution in [-0.2, 0) is 4.79 Å². The van der Waals surface area contributed by atoms with E-state index in [1.54, 1.807) is 6.92 Å². The van der Waals surface area contributed by atoms with Crippen LogP contribution in [0.2, 0.25) is 0 Å². The summed E-state index contributed by atoms with van der Waals surface area (Å²) in [5.74, 6) is 0.699. The molecule has 23 heavy (non-hydrogen) atoms. The molecule has 2 N–H and O–H groups in total. The van der Waals surface area contributed by atoms with Gasteiger partial charge in [-0.1, -0.05) is 18.2 Å². The Kier molecular flexibility index (Phi) is 5.80. The van der Waals surface area contributed by atoms with Gasteiger partial charge in [0.25, 0.3) is 0 Å². The molecule has 0 spiro atoms. The average molecular weight is 318 g/mol. The van der Waals surface area contributed by atoms with Gasteiger partial charge < -0.3 is 14.8 Å². The van der Waals surface area contributed by atoms with Gasteiger partial charge in [-0.2, -0.15) is 0 Å². The smallest absolute Gasteiger partial charge is 0.237 e. The number of amides is 1. The standard InChI is InChI=1S/C18H26N2O3/c1-12(21)9-10-20(4)14(3)18(22)19-13(2)17-11-15-7-5-6-8-16(15)23-17/h5-8,11-14,21H,9-10H2,1-4H3,(H,19,22). The number of likely N-dealkylation sites (N-methyl/N-ethyl adjacent to an activating group) is 1.